The molecule has 2 fully saturated rings. The van der Waals surface area contributed by atoms with Crippen LogP contribution >= 0.6 is 0 Å². The normalized spacial score (nSPS) is 30.2. The van der Waals surface area contributed by atoms with Crippen molar-refractivity contribution in [3.63, 3.8) is 0 Å². The lowest BCUT2D eigenvalue weighted by Crippen LogP contribution is -2.41. The molecule has 102 valence electrons. The Hall–Kier alpha value is -0.940. The van der Waals surface area contributed by atoms with Gasteiger partial charge in [0, 0.05) is 13.1 Å². The van der Waals surface area contributed by atoms with E-state index in [0.717, 1.165) is 13.0 Å². The Balaban J connectivity index is 1.72. The summed E-state index contributed by atoms with van der Waals surface area (Å²) in [6, 6.07) is 0.326. The van der Waals surface area contributed by atoms with Crippen LogP contribution in [0.2, 0.25) is 0 Å². The quantitative estimate of drug-likeness (QED) is 0.728. The van der Waals surface area contributed by atoms with E-state index >= 15 is 0 Å². The summed E-state index contributed by atoms with van der Waals surface area (Å²) in [6.45, 7) is 1.99. The van der Waals surface area contributed by atoms with Gasteiger partial charge in [-0.05, 0) is 39.4 Å². The Morgan fingerprint density at radius 2 is 2.06 bits per heavy atom. The minimum Gasteiger partial charge on any atom is -0.305 e. The summed E-state index contributed by atoms with van der Waals surface area (Å²) in [7, 11) is 3.73. The molecule has 0 aromatic heterocycles. The van der Waals surface area contributed by atoms with Crippen LogP contribution in [0.5, 0.6) is 0 Å². The van der Waals surface area contributed by atoms with Crippen LogP contribution in [0.1, 0.15) is 32.1 Å². The Kier molecular flexibility index (Phi) is 4.35. The molecular formula is C13H23N3O2. The molecule has 18 heavy (non-hydrogen) atoms. The van der Waals surface area contributed by atoms with Crippen LogP contribution in [-0.2, 0) is 9.59 Å². The van der Waals surface area contributed by atoms with Crippen molar-refractivity contribution >= 4 is 11.8 Å². The van der Waals surface area contributed by atoms with E-state index in [0.29, 0.717) is 12.5 Å². The Morgan fingerprint density at radius 3 is 2.67 bits per heavy atom. The summed E-state index contributed by atoms with van der Waals surface area (Å²) >= 11 is 0. The first-order chi connectivity index (χ1) is 8.59. The molecule has 0 spiro atoms. The van der Waals surface area contributed by atoms with Gasteiger partial charge >= 0.3 is 0 Å². The number of amides is 2. The van der Waals surface area contributed by atoms with Gasteiger partial charge in [0.15, 0.2) is 0 Å². The average Bonchev–Trinajstić information content (AvgIpc) is 2.60. The van der Waals surface area contributed by atoms with Gasteiger partial charge in [0.2, 0.25) is 11.8 Å². The fourth-order valence-corrected chi connectivity index (χ4v) is 2.85. The maximum absolute atomic E-state index is 11.7. The van der Waals surface area contributed by atoms with Gasteiger partial charge in [-0.25, -0.2) is 0 Å². The number of nitrogens with zero attached hydrogens (tertiary/aromatic N) is 2. The number of imide groups is 1. The first-order valence-electron chi connectivity index (χ1n) is 6.83. The fourth-order valence-electron chi connectivity index (χ4n) is 2.85. The molecule has 0 radical (unpaired) electrons. The lowest BCUT2D eigenvalue weighted by Gasteiger charge is -2.32. The Morgan fingerprint density at radius 1 is 1.28 bits per heavy atom. The van der Waals surface area contributed by atoms with E-state index in [-0.39, 0.29) is 17.9 Å². The van der Waals surface area contributed by atoms with Crippen molar-refractivity contribution in [3.8, 4) is 0 Å². The zero-order valence-electron chi connectivity index (χ0n) is 11.3. The molecule has 1 N–H and O–H groups in total. The van der Waals surface area contributed by atoms with Gasteiger partial charge in [0.25, 0.3) is 0 Å². The maximum Gasteiger partial charge on any atom is 0.246 e. The van der Waals surface area contributed by atoms with Crippen LogP contribution in [-0.4, -0.2) is 60.9 Å². The van der Waals surface area contributed by atoms with Crippen molar-refractivity contribution in [2.24, 2.45) is 0 Å². The molecule has 0 aliphatic carbocycles. The van der Waals surface area contributed by atoms with Crippen molar-refractivity contribution in [1.29, 1.82) is 0 Å². The number of carbonyl (C=O) groups excluding carboxylic acids is 2. The number of piperidine rings is 1. The van der Waals surface area contributed by atoms with E-state index in [2.05, 4.69) is 17.3 Å². The molecule has 2 unspecified atom stereocenters. The van der Waals surface area contributed by atoms with Crippen molar-refractivity contribution in [2.45, 2.75) is 44.2 Å². The number of likely N-dealkylation sites (N-methyl/N-ethyl adjacent to an activating group) is 1. The third-order valence-electron chi connectivity index (χ3n) is 4.17. The zero-order valence-corrected chi connectivity index (χ0v) is 11.3. The average molecular weight is 253 g/mol. The van der Waals surface area contributed by atoms with E-state index in [9.17, 15) is 9.59 Å². The van der Waals surface area contributed by atoms with Crippen molar-refractivity contribution in [2.75, 3.05) is 27.2 Å². The van der Waals surface area contributed by atoms with Gasteiger partial charge in [-0.15, -0.1) is 0 Å². The Labute approximate surface area is 108 Å². The van der Waals surface area contributed by atoms with E-state index in [1.54, 1.807) is 7.05 Å². The number of likely N-dealkylation sites (tertiary alicyclic amines) is 2. The summed E-state index contributed by atoms with van der Waals surface area (Å²) in [6.07, 6.45) is 5.21. The standard InChI is InChI=1S/C13H23N3O2/c1-15-8-4-3-5-10(15)6-7-14-11-9-12(17)16(2)13(11)18/h10-11,14H,3-9H2,1-2H3. The second-order valence-corrected chi connectivity index (χ2v) is 5.42. The number of hydrogen-bond donors (Lipinski definition) is 1. The van der Waals surface area contributed by atoms with Crippen molar-refractivity contribution in [3.05, 3.63) is 0 Å². The number of carbonyl (C=O) groups is 2. The number of nitrogens with one attached hydrogen (secondary N) is 1. The second kappa shape index (κ2) is 5.80. The topological polar surface area (TPSA) is 52.7 Å². The third kappa shape index (κ3) is 2.90. The van der Waals surface area contributed by atoms with E-state index in [4.69, 9.17) is 0 Å². The minimum atomic E-state index is -0.295. The van der Waals surface area contributed by atoms with Crippen LogP contribution in [0.3, 0.4) is 0 Å². The van der Waals surface area contributed by atoms with Gasteiger partial charge in [0.1, 0.15) is 0 Å². The summed E-state index contributed by atoms with van der Waals surface area (Å²) < 4.78 is 0. The van der Waals surface area contributed by atoms with Gasteiger partial charge in [-0.2, -0.15) is 0 Å². The molecule has 2 atom stereocenters. The van der Waals surface area contributed by atoms with Gasteiger partial charge in [-0.1, -0.05) is 6.42 Å². The summed E-state index contributed by atoms with van der Waals surface area (Å²) in [5.74, 6) is -0.163. The molecule has 2 aliphatic rings. The lowest BCUT2D eigenvalue weighted by molar-refractivity contribution is -0.137. The second-order valence-electron chi connectivity index (χ2n) is 5.42. The minimum absolute atomic E-state index is 0.0766. The Bertz CT molecular complexity index is 332. The monoisotopic (exact) mass is 253 g/mol. The fraction of sp³-hybridized carbons (Fsp3) is 0.846. The highest BCUT2D eigenvalue weighted by Crippen LogP contribution is 2.17. The molecule has 0 aromatic carbocycles. The van der Waals surface area contributed by atoms with Crippen LogP contribution in [0.15, 0.2) is 0 Å². The molecule has 2 heterocycles. The molecule has 5 heteroatoms. The third-order valence-corrected chi connectivity index (χ3v) is 4.17. The van der Waals surface area contributed by atoms with Gasteiger partial charge < -0.3 is 10.2 Å². The van der Waals surface area contributed by atoms with Gasteiger partial charge in [0.05, 0.1) is 12.5 Å². The molecule has 2 aliphatic heterocycles. The van der Waals surface area contributed by atoms with E-state index < -0.39 is 0 Å². The highest BCUT2D eigenvalue weighted by Gasteiger charge is 2.35. The molecule has 0 bridgehead atoms. The number of rotatable bonds is 4. The van der Waals surface area contributed by atoms with Crippen LogP contribution in [0, 0.1) is 0 Å². The largest absolute Gasteiger partial charge is 0.305 e. The molecule has 2 amide bonds. The molecule has 2 rings (SSSR count). The smallest absolute Gasteiger partial charge is 0.246 e. The highest BCUT2D eigenvalue weighted by atomic mass is 16.2. The molecule has 2 saturated heterocycles. The van der Waals surface area contributed by atoms with Crippen LogP contribution in [0.4, 0.5) is 0 Å². The maximum atomic E-state index is 11.7. The molecule has 0 aromatic rings. The lowest BCUT2D eigenvalue weighted by atomic mass is 10.00. The number of hydrogen-bond acceptors (Lipinski definition) is 4. The predicted molar refractivity (Wildman–Crippen MR) is 69.1 cm³/mol. The van der Waals surface area contributed by atoms with Crippen LogP contribution < -0.4 is 5.32 Å². The summed E-state index contributed by atoms with van der Waals surface area (Å²) in [4.78, 5) is 26.7. The summed E-state index contributed by atoms with van der Waals surface area (Å²) in [5, 5.41) is 3.22. The molecule has 0 saturated carbocycles. The first kappa shape index (κ1) is 13.5. The van der Waals surface area contributed by atoms with Crippen molar-refractivity contribution < 1.29 is 9.59 Å². The van der Waals surface area contributed by atoms with Gasteiger partial charge in [-0.3, -0.25) is 14.5 Å². The van der Waals surface area contributed by atoms with E-state index in [1.807, 2.05) is 0 Å². The molecular weight excluding hydrogens is 230 g/mol. The first-order valence-corrected chi connectivity index (χ1v) is 6.83. The summed E-state index contributed by atoms with van der Waals surface area (Å²) in [5.41, 5.74) is 0. The predicted octanol–water partition coefficient (Wildman–Crippen LogP) is 0.208. The zero-order chi connectivity index (χ0) is 13.1. The molecule has 5 nitrogen and oxygen atoms in total. The highest BCUT2D eigenvalue weighted by molar-refractivity contribution is 6.05. The van der Waals surface area contributed by atoms with E-state index in [1.165, 1.54) is 30.7 Å². The van der Waals surface area contributed by atoms with Crippen molar-refractivity contribution in [1.82, 2.24) is 15.1 Å². The van der Waals surface area contributed by atoms with Crippen LogP contribution in [0.25, 0.3) is 0 Å². The SMILES string of the molecule is CN1C(=O)CC(NCCC2CCCCN2C)C1=O.